The van der Waals surface area contributed by atoms with Crippen molar-refractivity contribution in [2.45, 2.75) is 44.4 Å². The fourth-order valence-electron chi connectivity index (χ4n) is 5.66. The maximum Gasteiger partial charge on any atom is 0.407 e. The van der Waals surface area contributed by atoms with E-state index in [0.29, 0.717) is 19.4 Å². The number of carbonyl (C=O) groups excluding carboxylic acids is 2. The highest BCUT2D eigenvalue weighted by molar-refractivity contribution is 5.87. The van der Waals surface area contributed by atoms with Crippen molar-refractivity contribution in [2.75, 3.05) is 26.4 Å². The molecule has 3 atom stereocenters. The number of hydrogen-bond donors (Lipinski definition) is 3. The molecule has 9 nitrogen and oxygen atoms in total. The number of carbonyl (C=O) groups is 3. The Labute approximate surface area is 245 Å². The predicted octanol–water partition coefficient (Wildman–Crippen LogP) is 4.50. The van der Waals surface area contributed by atoms with E-state index in [-0.39, 0.29) is 32.3 Å². The third-order valence-electron chi connectivity index (χ3n) is 8.10. The van der Waals surface area contributed by atoms with Crippen LogP contribution in [-0.2, 0) is 30.4 Å². The largest absolute Gasteiger partial charge is 0.481 e. The Balaban J connectivity index is 1.26. The first-order valence-corrected chi connectivity index (χ1v) is 14.2. The SMILES string of the molecule is CC(OCc1ccccc1)C(NC(=O)OCC1c2ccccc2-c2ccccc21)C(=O)NCC1(C(=O)O)CCCOC1. The molecule has 0 radical (unpaired) electrons. The summed E-state index contributed by atoms with van der Waals surface area (Å²) in [5, 5.41) is 15.3. The fraction of sp³-hybridized carbons (Fsp3) is 0.364. The minimum absolute atomic E-state index is 0.00709. The third-order valence-corrected chi connectivity index (χ3v) is 8.10. The Kier molecular flexibility index (Phi) is 9.19. The molecule has 1 aliphatic carbocycles. The number of carboxylic acid groups (broad SMARTS) is 1. The second kappa shape index (κ2) is 13.2. The Morgan fingerprint density at radius 3 is 2.24 bits per heavy atom. The van der Waals surface area contributed by atoms with Gasteiger partial charge in [0.25, 0.3) is 0 Å². The number of alkyl carbamates (subject to hydrolysis) is 1. The molecule has 1 aliphatic heterocycles. The Morgan fingerprint density at radius 1 is 0.976 bits per heavy atom. The van der Waals surface area contributed by atoms with Gasteiger partial charge in [0, 0.05) is 19.1 Å². The number of carboxylic acids is 1. The molecule has 5 rings (SSSR count). The summed E-state index contributed by atoms with van der Waals surface area (Å²) < 4.78 is 17.1. The third kappa shape index (κ3) is 6.48. The zero-order valence-electron chi connectivity index (χ0n) is 23.6. The van der Waals surface area contributed by atoms with Crippen LogP contribution >= 0.6 is 0 Å². The second-order valence-corrected chi connectivity index (χ2v) is 10.9. The lowest BCUT2D eigenvalue weighted by Gasteiger charge is -2.34. The van der Waals surface area contributed by atoms with E-state index in [1.165, 1.54) is 0 Å². The summed E-state index contributed by atoms with van der Waals surface area (Å²) in [6.07, 6.45) is -0.539. The molecule has 1 fully saturated rings. The number of fused-ring (bicyclic) bond motifs is 3. The van der Waals surface area contributed by atoms with Crippen molar-refractivity contribution in [1.29, 1.82) is 0 Å². The van der Waals surface area contributed by atoms with Gasteiger partial charge in [-0.15, -0.1) is 0 Å². The molecule has 0 spiro atoms. The van der Waals surface area contributed by atoms with Gasteiger partial charge < -0.3 is 30.0 Å². The number of aliphatic carboxylic acids is 1. The summed E-state index contributed by atoms with van der Waals surface area (Å²) in [6.45, 7) is 2.37. The lowest BCUT2D eigenvalue weighted by molar-refractivity contribution is -0.157. The first kappa shape index (κ1) is 29.3. The van der Waals surface area contributed by atoms with Crippen LogP contribution in [0.15, 0.2) is 78.9 Å². The molecule has 3 unspecified atom stereocenters. The van der Waals surface area contributed by atoms with Gasteiger partial charge in [-0.2, -0.15) is 0 Å². The smallest absolute Gasteiger partial charge is 0.407 e. The van der Waals surface area contributed by atoms with Crippen molar-refractivity contribution in [3.8, 4) is 11.1 Å². The Morgan fingerprint density at radius 2 is 1.62 bits per heavy atom. The Hall–Kier alpha value is -4.21. The molecule has 9 heteroatoms. The topological polar surface area (TPSA) is 123 Å². The fourth-order valence-corrected chi connectivity index (χ4v) is 5.66. The molecule has 3 N–H and O–H groups in total. The van der Waals surface area contributed by atoms with Gasteiger partial charge in [-0.25, -0.2) is 4.79 Å². The standard InChI is InChI=1S/C33H36N2O7/c1-22(41-18-23-10-3-2-4-11-23)29(30(36)34-20-33(31(37)38)16-9-17-40-21-33)35-32(39)42-19-28-26-14-7-5-12-24(26)25-13-6-8-15-27(25)28/h2-8,10-15,22,28-29H,9,16-21H2,1H3,(H,34,36)(H,35,39)(H,37,38). The van der Waals surface area contributed by atoms with Gasteiger partial charge in [0.05, 0.1) is 19.3 Å². The zero-order valence-corrected chi connectivity index (χ0v) is 23.6. The number of nitrogens with one attached hydrogen (secondary N) is 2. The number of hydrogen-bond acceptors (Lipinski definition) is 6. The van der Waals surface area contributed by atoms with Crippen LogP contribution in [0.3, 0.4) is 0 Å². The van der Waals surface area contributed by atoms with Gasteiger partial charge in [-0.05, 0) is 47.6 Å². The predicted molar refractivity (Wildman–Crippen MR) is 156 cm³/mol. The van der Waals surface area contributed by atoms with E-state index < -0.39 is 35.5 Å². The maximum atomic E-state index is 13.4. The first-order valence-electron chi connectivity index (χ1n) is 14.2. The first-order chi connectivity index (χ1) is 20.4. The average Bonchev–Trinajstić information content (AvgIpc) is 3.34. The summed E-state index contributed by atoms with van der Waals surface area (Å²) in [5.41, 5.74) is 4.07. The molecular weight excluding hydrogens is 536 g/mol. The van der Waals surface area contributed by atoms with Crippen LogP contribution in [0, 0.1) is 5.41 Å². The molecule has 0 saturated carbocycles. The Bertz CT molecular complexity index is 1360. The normalized spacial score (nSPS) is 19.2. The van der Waals surface area contributed by atoms with E-state index in [4.69, 9.17) is 14.2 Å². The number of rotatable bonds is 11. The van der Waals surface area contributed by atoms with Crippen molar-refractivity contribution in [3.63, 3.8) is 0 Å². The lowest BCUT2D eigenvalue weighted by Crippen LogP contribution is -2.56. The molecule has 3 aromatic rings. The van der Waals surface area contributed by atoms with Crippen LogP contribution in [0.1, 0.15) is 42.4 Å². The van der Waals surface area contributed by atoms with E-state index in [2.05, 4.69) is 22.8 Å². The maximum absolute atomic E-state index is 13.4. The number of ether oxygens (including phenoxy) is 3. The van der Waals surface area contributed by atoms with Crippen LogP contribution in [0.25, 0.3) is 11.1 Å². The number of amides is 2. The van der Waals surface area contributed by atoms with E-state index in [1.807, 2.05) is 66.7 Å². The van der Waals surface area contributed by atoms with E-state index in [0.717, 1.165) is 27.8 Å². The molecule has 42 heavy (non-hydrogen) atoms. The molecule has 1 saturated heterocycles. The molecule has 0 bridgehead atoms. The summed E-state index contributed by atoms with van der Waals surface area (Å²) in [5.74, 6) is -1.73. The van der Waals surface area contributed by atoms with E-state index in [9.17, 15) is 19.5 Å². The van der Waals surface area contributed by atoms with E-state index >= 15 is 0 Å². The minimum Gasteiger partial charge on any atom is -0.481 e. The van der Waals surface area contributed by atoms with E-state index in [1.54, 1.807) is 6.92 Å². The highest BCUT2D eigenvalue weighted by Gasteiger charge is 2.42. The lowest BCUT2D eigenvalue weighted by atomic mass is 9.82. The highest BCUT2D eigenvalue weighted by atomic mass is 16.5. The van der Waals surface area contributed by atoms with Gasteiger partial charge in [0.1, 0.15) is 18.1 Å². The van der Waals surface area contributed by atoms with Gasteiger partial charge in [0.15, 0.2) is 0 Å². The molecule has 3 aromatic carbocycles. The molecule has 2 amide bonds. The summed E-state index contributed by atoms with van der Waals surface area (Å²) in [4.78, 5) is 38.6. The second-order valence-electron chi connectivity index (χ2n) is 10.9. The quantitative estimate of drug-likeness (QED) is 0.309. The van der Waals surface area contributed by atoms with Crippen LogP contribution in [0.5, 0.6) is 0 Å². The molecular formula is C33H36N2O7. The average molecular weight is 573 g/mol. The van der Waals surface area contributed by atoms with Crippen molar-refractivity contribution in [2.24, 2.45) is 5.41 Å². The summed E-state index contributed by atoms with van der Waals surface area (Å²) in [6, 6.07) is 24.4. The summed E-state index contributed by atoms with van der Waals surface area (Å²) >= 11 is 0. The van der Waals surface area contributed by atoms with Gasteiger partial charge >= 0.3 is 12.1 Å². The monoisotopic (exact) mass is 572 g/mol. The number of benzene rings is 3. The van der Waals surface area contributed by atoms with Crippen molar-refractivity contribution in [3.05, 3.63) is 95.6 Å². The summed E-state index contributed by atoms with van der Waals surface area (Å²) in [7, 11) is 0. The van der Waals surface area contributed by atoms with Crippen LogP contribution in [0.2, 0.25) is 0 Å². The van der Waals surface area contributed by atoms with Crippen LogP contribution in [-0.4, -0.2) is 61.6 Å². The van der Waals surface area contributed by atoms with Gasteiger partial charge in [-0.3, -0.25) is 9.59 Å². The minimum atomic E-state index is -1.23. The van der Waals surface area contributed by atoms with Crippen molar-refractivity contribution in [1.82, 2.24) is 10.6 Å². The van der Waals surface area contributed by atoms with Gasteiger partial charge in [-0.1, -0.05) is 78.9 Å². The van der Waals surface area contributed by atoms with Gasteiger partial charge in [0.2, 0.25) is 5.91 Å². The van der Waals surface area contributed by atoms with Crippen LogP contribution in [0.4, 0.5) is 4.79 Å². The molecule has 0 aromatic heterocycles. The molecule has 1 heterocycles. The van der Waals surface area contributed by atoms with Crippen LogP contribution < -0.4 is 10.6 Å². The van der Waals surface area contributed by atoms with Crippen molar-refractivity contribution >= 4 is 18.0 Å². The highest BCUT2D eigenvalue weighted by Crippen LogP contribution is 2.44. The zero-order chi connectivity index (χ0) is 29.5. The molecule has 2 aliphatic rings. The molecule has 220 valence electrons. The van der Waals surface area contributed by atoms with Crippen molar-refractivity contribution < 1.29 is 33.7 Å².